The average molecular weight is 348 g/mol. The molecule has 5 rings (SSSR count). The van der Waals surface area contributed by atoms with Crippen molar-refractivity contribution in [3.63, 3.8) is 0 Å². The Hall–Kier alpha value is -2.73. The van der Waals surface area contributed by atoms with Crippen LogP contribution in [0, 0.1) is 0 Å². The molecule has 3 aromatic rings. The highest BCUT2D eigenvalue weighted by atomic mass is 16.5. The lowest BCUT2D eigenvalue weighted by atomic mass is 9.95. The molecule has 0 spiro atoms. The van der Waals surface area contributed by atoms with Gasteiger partial charge in [0.05, 0.1) is 36.7 Å². The van der Waals surface area contributed by atoms with E-state index in [-0.39, 0.29) is 18.1 Å². The van der Waals surface area contributed by atoms with Crippen molar-refractivity contribution < 1.29 is 9.53 Å². The van der Waals surface area contributed by atoms with Crippen molar-refractivity contribution in [3.05, 3.63) is 60.0 Å². The molecule has 2 bridgehead atoms. The number of amides is 1. The molecule has 0 aliphatic carbocycles. The van der Waals surface area contributed by atoms with Gasteiger partial charge in [0.25, 0.3) is 5.91 Å². The maximum absolute atomic E-state index is 12.6. The lowest BCUT2D eigenvalue weighted by Crippen LogP contribution is -2.41. The maximum atomic E-state index is 12.6. The summed E-state index contributed by atoms with van der Waals surface area (Å²) in [5.74, 6) is -0.0989. The molecule has 1 amide bonds. The van der Waals surface area contributed by atoms with E-state index >= 15 is 0 Å². The van der Waals surface area contributed by atoms with Crippen LogP contribution in [-0.4, -0.2) is 38.7 Å². The Kier molecular flexibility index (Phi) is 3.71. The van der Waals surface area contributed by atoms with Crippen LogP contribution < -0.4 is 5.32 Å². The number of hydrogen-bond donors (Lipinski definition) is 1. The van der Waals surface area contributed by atoms with Crippen molar-refractivity contribution in [1.29, 1.82) is 0 Å². The molecule has 0 unspecified atom stereocenters. The van der Waals surface area contributed by atoms with Crippen LogP contribution in [0.1, 0.15) is 35.2 Å². The topological polar surface area (TPSA) is 69.0 Å². The molecule has 2 saturated heterocycles. The highest BCUT2D eigenvalue weighted by Gasteiger charge is 2.41. The number of aromatic nitrogens is 3. The van der Waals surface area contributed by atoms with E-state index in [2.05, 4.69) is 27.4 Å². The summed E-state index contributed by atoms with van der Waals surface area (Å²) in [7, 11) is 0. The van der Waals surface area contributed by atoms with Gasteiger partial charge in [-0.2, -0.15) is 0 Å². The highest BCUT2D eigenvalue weighted by Crippen LogP contribution is 2.34. The van der Waals surface area contributed by atoms with Crippen LogP contribution in [0.4, 0.5) is 0 Å². The SMILES string of the molecule is O=C(N[C@@H]1C[C@@H]2CC[C@H]1O2)c1cnc2c(c1)ncn2Cc1ccccc1. The summed E-state index contributed by atoms with van der Waals surface area (Å²) in [6.07, 6.45) is 6.97. The fourth-order valence-electron chi connectivity index (χ4n) is 4.01. The van der Waals surface area contributed by atoms with Crippen LogP contribution in [0.5, 0.6) is 0 Å². The van der Waals surface area contributed by atoms with E-state index in [1.54, 1.807) is 12.5 Å². The van der Waals surface area contributed by atoms with Gasteiger partial charge in [-0.05, 0) is 30.9 Å². The van der Waals surface area contributed by atoms with Crippen molar-refractivity contribution in [3.8, 4) is 0 Å². The van der Waals surface area contributed by atoms with E-state index in [0.29, 0.717) is 18.2 Å². The van der Waals surface area contributed by atoms with Gasteiger partial charge in [-0.1, -0.05) is 30.3 Å². The Morgan fingerprint density at radius 1 is 1.23 bits per heavy atom. The number of carbonyl (C=O) groups excluding carboxylic acids is 1. The van der Waals surface area contributed by atoms with E-state index in [1.165, 1.54) is 5.56 Å². The first kappa shape index (κ1) is 15.5. The Morgan fingerprint density at radius 3 is 2.88 bits per heavy atom. The minimum absolute atomic E-state index is 0.0989. The number of rotatable bonds is 4. The normalized spacial score (nSPS) is 24.2. The molecule has 1 N–H and O–H groups in total. The molecule has 2 aromatic heterocycles. The molecule has 6 heteroatoms. The third-order valence-corrected chi connectivity index (χ3v) is 5.34. The Bertz CT molecular complexity index is 953. The summed E-state index contributed by atoms with van der Waals surface area (Å²) in [5.41, 5.74) is 3.25. The second-order valence-electron chi connectivity index (χ2n) is 7.11. The zero-order valence-electron chi connectivity index (χ0n) is 14.3. The molecule has 2 aliphatic rings. The van der Waals surface area contributed by atoms with Gasteiger partial charge in [-0.15, -0.1) is 0 Å². The first-order chi connectivity index (χ1) is 12.8. The number of imidazole rings is 1. The lowest BCUT2D eigenvalue weighted by Gasteiger charge is -2.19. The van der Waals surface area contributed by atoms with E-state index in [9.17, 15) is 4.79 Å². The van der Waals surface area contributed by atoms with E-state index in [0.717, 1.165) is 30.4 Å². The molecule has 26 heavy (non-hydrogen) atoms. The third kappa shape index (κ3) is 2.76. The molecule has 132 valence electrons. The van der Waals surface area contributed by atoms with E-state index < -0.39 is 0 Å². The van der Waals surface area contributed by atoms with Gasteiger partial charge < -0.3 is 14.6 Å². The average Bonchev–Trinajstić information content (AvgIpc) is 3.38. The predicted molar refractivity (Wildman–Crippen MR) is 96.8 cm³/mol. The zero-order chi connectivity index (χ0) is 17.5. The van der Waals surface area contributed by atoms with Crippen LogP contribution in [0.2, 0.25) is 0 Å². The molecule has 0 radical (unpaired) electrons. The number of nitrogens with zero attached hydrogens (tertiary/aromatic N) is 3. The second-order valence-corrected chi connectivity index (χ2v) is 7.11. The lowest BCUT2D eigenvalue weighted by molar-refractivity contribution is 0.0841. The molecule has 3 atom stereocenters. The standard InChI is InChI=1S/C20H20N4O2/c25-20(23-16-9-15-6-7-18(16)26-15)14-8-17-19(21-10-14)24(12-22-17)11-13-4-2-1-3-5-13/h1-5,8,10,12,15-16,18H,6-7,9,11H2,(H,23,25)/t15-,16+,18+/m0/s1. The number of ether oxygens (including phenoxy) is 1. The summed E-state index contributed by atoms with van der Waals surface area (Å²) >= 11 is 0. The Labute approximate surface area is 151 Å². The summed E-state index contributed by atoms with van der Waals surface area (Å²) in [6, 6.07) is 12.1. The van der Waals surface area contributed by atoms with E-state index in [4.69, 9.17) is 4.74 Å². The van der Waals surface area contributed by atoms with Gasteiger partial charge in [0.1, 0.15) is 5.52 Å². The van der Waals surface area contributed by atoms with Gasteiger partial charge in [0, 0.05) is 6.20 Å². The van der Waals surface area contributed by atoms with Crippen molar-refractivity contribution in [2.75, 3.05) is 0 Å². The fraction of sp³-hybridized carbons (Fsp3) is 0.350. The van der Waals surface area contributed by atoms with Crippen LogP contribution in [0.15, 0.2) is 48.9 Å². The number of carbonyl (C=O) groups is 1. The number of pyridine rings is 1. The largest absolute Gasteiger partial charge is 0.373 e. The molecule has 2 fully saturated rings. The zero-order valence-corrected chi connectivity index (χ0v) is 14.3. The third-order valence-electron chi connectivity index (χ3n) is 5.34. The number of hydrogen-bond acceptors (Lipinski definition) is 4. The minimum atomic E-state index is -0.0989. The summed E-state index contributed by atoms with van der Waals surface area (Å²) in [5, 5.41) is 3.10. The minimum Gasteiger partial charge on any atom is -0.373 e. The quantitative estimate of drug-likeness (QED) is 0.787. The summed E-state index contributed by atoms with van der Waals surface area (Å²) in [4.78, 5) is 21.5. The molecule has 2 aliphatic heterocycles. The summed E-state index contributed by atoms with van der Waals surface area (Å²) in [6.45, 7) is 0.707. The van der Waals surface area contributed by atoms with Gasteiger partial charge in [-0.3, -0.25) is 4.79 Å². The van der Waals surface area contributed by atoms with Crippen molar-refractivity contribution >= 4 is 17.1 Å². The molecular formula is C20H20N4O2. The van der Waals surface area contributed by atoms with Gasteiger partial charge in [-0.25, -0.2) is 9.97 Å². The van der Waals surface area contributed by atoms with Crippen molar-refractivity contribution in [2.24, 2.45) is 0 Å². The van der Waals surface area contributed by atoms with E-state index in [1.807, 2.05) is 28.8 Å². The predicted octanol–water partition coefficient (Wildman–Crippen LogP) is 2.53. The molecule has 0 saturated carbocycles. The van der Waals surface area contributed by atoms with Crippen LogP contribution in [-0.2, 0) is 11.3 Å². The molecular weight excluding hydrogens is 328 g/mol. The first-order valence-electron chi connectivity index (χ1n) is 9.07. The maximum Gasteiger partial charge on any atom is 0.253 e. The monoisotopic (exact) mass is 348 g/mol. The Morgan fingerprint density at radius 2 is 2.12 bits per heavy atom. The van der Waals surface area contributed by atoms with Crippen LogP contribution in [0.25, 0.3) is 11.2 Å². The van der Waals surface area contributed by atoms with Gasteiger partial charge >= 0.3 is 0 Å². The highest BCUT2D eigenvalue weighted by molar-refractivity contribution is 5.96. The van der Waals surface area contributed by atoms with Crippen molar-refractivity contribution in [2.45, 2.75) is 44.1 Å². The fourth-order valence-corrected chi connectivity index (χ4v) is 4.01. The Balaban J connectivity index is 1.34. The first-order valence-corrected chi connectivity index (χ1v) is 9.07. The summed E-state index contributed by atoms with van der Waals surface area (Å²) < 4.78 is 7.80. The molecule has 6 nitrogen and oxygen atoms in total. The number of nitrogens with one attached hydrogen (secondary N) is 1. The smallest absolute Gasteiger partial charge is 0.253 e. The second kappa shape index (κ2) is 6.21. The van der Waals surface area contributed by atoms with Gasteiger partial charge in [0.15, 0.2) is 5.65 Å². The van der Waals surface area contributed by atoms with Crippen molar-refractivity contribution in [1.82, 2.24) is 19.9 Å². The van der Waals surface area contributed by atoms with Gasteiger partial charge in [0.2, 0.25) is 0 Å². The molecule has 4 heterocycles. The molecule has 1 aromatic carbocycles. The van der Waals surface area contributed by atoms with Crippen LogP contribution >= 0.6 is 0 Å². The van der Waals surface area contributed by atoms with Crippen LogP contribution in [0.3, 0.4) is 0 Å². The number of fused-ring (bicyclic) bond motifs is 3. The number of benzene rings is 1.